The van der Waals surface area contributed by atoms with Crippen molar-refractivity contribution in [1.82, 2.24) is 14.5 Å². The number of carbonyl (C=O) groups excluding carboxylic acids is 1. The van der Waals surface area contributed by atoms with Gasteiger partial charge in [0.2, 0.25) is 5.91 Å². The first-order valence-electron chi connectivity index (χ1n) is 8.49. The topological polar surface area (TPSA) is 38.1 Å². The van der Waals surface area contributed by atoms with E-state index in [1.54, 1.807) is 0 Å². The molecular weight excluding hydrogens is 298 g/mol. The summed E-state index contributed by atoms with van der Waals surface area (Å²) in [6, 6.07) is 18.2. The van der Waals surface area contributed by atoms with Gasteiger partial charge >= 0.3 is 0 Å². The van der Waals surface area contributed by atoms with E-state index >= 15 is 0 Å². The van der Waals surface area contributed by atoms with Gasteiger partial charge in [0.25, 0.3) is 0 Å². The third-order valence-corrected chi connectivity index (χ3v) is 4.16. The van der Waals surface area contributed by atoms with Crippen molar-refractivity contribution in [3.8, 4) is 0 Å². The van der Waals surface area contributed by atoms with E-state index in [0.29, 0.717) is 19.5 Å². The van der Waals surface area contributed by atoms with E-state index in [4.69, 9.17) is 0 Å². The first-order chi connectivity index (χ1) is 11.8. The second-order valence-corrected chi connectivity index (χ2v) is 5.98. The van der Waals surface area contributed by atoms with Crippen molar-refractivity contribution < 1.29 is 4.79 Å². The van der Waals surface area contributed by atoms with E-state index in [-0.39, 0.29) is 5.91 Å². The maximum Gasteiger partial charge on any atom is 0.224 e. The van der Waals surface area contributed by atoms with Crippen molar-refractivity contribution in [3.63, 3.8) is 0 Å². The van der Waals surface area contributed by atoms with Crippen molar-refractivity contribution in [3.05, 3.63) is 66.5 Å². The number of para-hydroxylation sites is 2. The number of nitrogens with zero attached hydrogens (tertiary/aromatic N) is 3. The summed E-state index contributed by atoms with van der Waals surface area (Å²) in [5.74, 6) is 0.193. The van der Waals surface area contributed by atoms with Crippen LogP contribution >= 0.6 is 0 Å². The van der Waals surface area contributed by atoms with Gasteiger partial charge in [-0.2, -0.15) is 0 Å². The molecule has 0 atom stereocenters. The molecule has 0 aliphatic carbocycles. The van der Waals surface area contributed by atoms with Crippen LogP contribution in [-0.4, -0.2) is 26.9 Å². The number of rotatable bonds is 7. The van der Waals surface area contributed by atoms with E-state index in [9.17, 15) is 4.79 Å². The zero-order valence-electron chi connectivity index (χ0n) is 14.1. The first-order valence-corrected chi connectivity index (χ1v) is 8.49. The van der Waals surface area contributed by atoms with Crippen LogP contribution in [-0.2, 0) is 17.9 Å². The molecule has 2 aromatic carbocycles. The fourth-order valence-electron chi connectivity index (χ4n) is 2.93. The second-order valence-electron chi connectivity index (χ2n) is 5.98. The lowest BCUT2D eigenvalue weighted by atomic mass is 10.2. The number of imidazole rings is 1. The van der Waals surface area contributed by atoms with Gasteiger partial charge in [0, 0.05) is 26.1 Å². The van der Waals surface area contributed by atoms with Crippen LogP contribution in [0.5, 0.6) is 0 Å². The number of hydrogen-bond donors (Lipinski definition) is 0. The molecule has 0 N–H and O–H groups in total. The lowest BCUT2D eigenvalue weighted by Crippen LogP contribution is -2.31. The van der Waals surface area contributed by atoms with Crippen LogP contribution in [0.2, 0.25) is 0 Å². The fourth-order valence-corrected chi connectivity index (χ4v) is 2.93. The van der Waals surface area contributed by atoms with E-state index in [2.05, 4.69) is 28.6 Å². The Morgan fingerprint density at radius 3 is 2.62 bits per heavy atom. The number of amides is 1. The lowest BCUT2D eigenvalue weighted by molar-refractivity contribution is -0.132. The summed E-state index contributed by atoms with van der Waals surface area (Å²) in [4.78, 5) is 19.0. The van der Waals surface area contributed by atoms with Crippen LogP contribution in [0.25, 0.3) is 11.0 Å². The van der Waals surface area contributed by atoms with Crippen molar-refractivity contribution in [2.45, 2.75) is 32.9 Å². The standard InChI is InChI=1S/C20H23N3O/c1-2-13-22(15-17-8-4-3-5-9-17)20(24)12-14-23-16-21-18-10-6-7-11-19(18)23/h3-11,16H,2,12-15H2,1H3. The average Bonchev–Trinajstić information content (AvgIpc) is 3.03. The van der Waals surface area contributed by atoms with Gasteiger partial charge in [-0.05, 0) is 24.1 Å². The van der Waals surface area contributed by atoms with Gasteiger partial charge < -0.3 is 9.47 Å². The van der Waals surface area contributed by atoms with E-state index < -0.39 is 0 Å². The molecule has 3 aromatic rings. The number of aromatic nitrogens is 2. The molecular formula is C20H23N3O. The molecule has 0 spiro atoms. The lowest BCUT2D eigenvalue weighted by Gasteiger charge is -2.22. The monoisotopic (exact) mass is 321 g/mol. The van der Waals surface area contributed by atoms with Gasteiger partial charge in [0.05, 0.1) is 17.4 Å². The van der Waals surface area contributed by atoms with Gasteiger partial charge in [0.1, 0.15) is 0 Å². The Morgan fingerprint density at radius 1 is 1.08 bits per heavy atom. The predicted molar refractivity (Wildman–Crippen MR) is 96.5 cm³/mol. The van der Waals surface area contributed by atoms with E-state index in [0.717, 1.165) is 24.0 Å². The minimum absolute atomic E-state index is 0.193. The Morgan fingerprint density at radius 2 is 1.83 bits per heavy atom. The van der Waals surface area contributed by atoms with E-state index in [1.807, 2.05) is 53.7 Å². The number of hydrogen-bond acceptors (Lipinski definition) is 2. The van der Waals surface area contributed by atoms with Gasteiger partial charge in [0.15, 0.2) is 0 Å². The molecule has 0 saturated carbocycles. The Hall–Kier alpha value is -2.62. The summed E-state index contributed by atoms with van der Waals surface area (Å²) < 4.78 is 2.06. The summed E-state index contributed by atoms with van der Waals surface area (Å²) >= 11 is 0. The number of fused-ring (bicyclic) bond motifs is 1. The molecule has 24 heavy (non-hydrogen) atoms. The van der Waals surface area contributed by atoms with Crippen LogP contribution in [0.4, 0.5) is 0 Å². The third-order valence-electron chi connectivity index (χ3n) is 4.16. The van der Waals surface area contributed by atoms with E-state index in [1.165, 1.54) is 5.56 Å². The largest absolute Gasteiger partial charge is 0.338 e. The Labute approximate surface area is 142 Å². The summed E-state index contributed by atoms with van der Waals surface area (Å²) in [5, 5.41) is 0. The quantitative estimate of drug-likeness (QED) is 0.662. The number of benzene rings is 2. The van der Waals surface area contributed by atoms with Crippen LogP contribution in [0.1, 0.15) is 25.3 Å². The Bertz CT molecular complexity index is 795. The zero-order chi connectivity index (χ0) is 16.8. The SMILES string of the molecule is CCCN(Cc1ccccc1)C(=O)CCn1cnc2ccccc21. The average molecular weight is 321 g/mol. The molecule has 0 aliphatic rings. The number of carbonyl (C=O) groups is 1. The second kappa shape index (κ2) is 7.77. The normalized spacial score (nSPS) is 10.9. The Balaban J connectivity index is 1.65. The molecule has 0 aliphatic heterocycles. The van der Waals surface area contributed by atoms with Crippen LogP contribution < -0.4 is 0 Å². The van der Waals surface area contributed by atoms with Gasteiger partial charge in [-0.25, -0.2) is 4.98 Å². The highest BCUT2D eigenvalue weighted by atomic mass is 16.2. The minimum Gasteiger partial charge on any atom is -0.338 e. The molecule has 0 saturated heterocycles. The predicted octanol–water partition coefficient (Wildman–Crippen LogP) is 3.87. The molecule has 0 unspecified atom stereocenters. The van der Waals surface area contributed by atoms with Crippen molar-refractivity contribution in [1.29, 1.82) is 0 Å². The van der Waals surface area contributed by atoms with Crippen molar-refractivity contribution in [2.75, 3.05) is 6.54 Å². The smallest absolute Gasteiger partial charge is 0.224 e. The summed E-state index contributed by atoms with van der Waals surface area (Å²) in [6.45, 7) is 4.24. The van der Waals surface area contributed by atoms with Gasteiger partial charge in [-0.3, -0.25) is 4.79 Å². The van der Waals surface area contributed by atoms with Crippen LogP contribution in [0.15, 0.2) is 60.9 Å². The molecule has 4 heteroatoms. The van der Waals surface area contributed by atoms with Crippen molar-refractivity contribution >= 4 is 16.9 Å². The maximum atomic E-state index is 12.7. The molecule has 1 amide bonds. The minimum atomic E-state index is 0.193. The maximum absolute atomic E-state index is 12.7. The molecule has 1 aromatic heterocycles. The highest BCUT2D eigenvalue weighted by Crippen LogP contribution is 2.13. The highest BCUT2D eigenvalue weighted by molar-refractivity contribution is 5.77. The molecule has 4 nitrogen and oxygen atoms in total. The van der Waals surface area contributed by atoms with Crippen LogP contribution in [0, 0.1) is 0 Å². The van der Waals surface area contributed by atoms with Crippen molar-refractivity contribution in [2.24, 2.45) is 0 Å². The molecule has 0 bridgehead atoms. The first kappa shape index (κ1) is 16.2. The fraction of sp³-hybridized carbons (Fsp3) is 0.300. The van der Waals surface area contributed by atoms with Gasteiger partial charge in [-0.15, -0.1) is 0 Å². The molecule has 0 fully saturated rings. The molecule has 1 heterocycles. The molecule has 124 valence electrons. The summed E-state index contributed by atoms with van der Waals surface area (Å²) in [6.07, 6.45) is 3.28. The zero-order valence-corrected chi connectivity index (χ0v) is 14.1. The van der Waals surface area contributed by atoms with Gasteiger partial charge in [-0.1, -0.05) is 49.4 Å². The highest BCUT2D eigenvalue weighted by Gasteiger charge is 2.13. The Kier molecular flexibility index (Phi) is 5.26. The molecule has 0 radical (unpaired) electrons. The summed E-state index contributed by atoms with van der Waals surface area (Å²) in [5.41, 5.74) is 3.22. The summed E-state index contributed by atoms with van der Waals surface area (Å²) in [7, 11) is 0. The number of aryl methyl sites for hydroxylation is 1. The van der Waals surface area contributed by atoms with Crippen LogP contribution in [0.3, 0.4) is 0 Å². The third kappa shape index (κ3) is 3.82. The molecule has 3 rings (SSSR count).